The number of morpholine rings is 1. The highest BCUT2D eigenvalue weighted by molar-refractivity contribution is 6.35. The van der Waals surface area contributed by atoms with Gasteiger partial charge in [0.15, 0.2) is 0 Å². The van der Waals surface area contributed by atoms with Crippen molar-refractivity contribution in [3.05, 3.63) is 69.8 Å². The van der Waals surface area contributed by atoms with Crippen molar-refractivity contribution in [2.24, 2.45) is 0 Å². The first-order valence-electron chi connectivity index (χ1n) is 9.25. The molecule has 4 rings (SSSR count). The molecule has 2 amide bonds. The molecular weight excluding hydrogens is 397 g/mol. The number of aromatic nitrogens is 1. The summed E-state index contributed by atoms with van der Waals surface area (Å²) in [5.41, 5.74) is 3.06. The predicted octanol–water partition coefficient (Wildman–Crippen LogP) is 4.65. The summed E-state index contributed by atoms with van der Waals surface area (Å²) < 4.78 is 5.32. The average molecular weight is 418 g/mol. The summed E-state index contributed by atoms with van der Waals surface area (Å²) in [6.07, 6.45) is 1.99. The number of benzene rings is 2. The van der Waals surface area contributed by atoms with Gasteiger partial charge in [-0.3, -0.25) is 0 Å². The van der Waals surface area contributed by atoms with E-state index in [1.807, 2.05) is 36.5 Å². The summed E-state index contributed by atoms with van der Waals surface area (Å²) >= 11 is 12.6. The van der Waals surface area contributed by atoms with Gasteiger partial charge >= 0.3 is 6.03 Å². The quantitative estimate of drug-likeness (QED) is 0.648. The Balaban J connectivity index is 1.64. The van der Waals surface area contributed by atoms with E-state index in [1.54, 1.807) is 11.0 Å². The number of H-pyrrole nitrogens is 1. The first-order chi connectivity index (χ1) is 13.6. The van der Waals surface area contributed by atoms with Gasteiger partial charge in [-0.25, -0.2) is 4.79 Å². The van der Waals surface area contributed by atoms with Crippen molar-refractivity contribution in [1.82, 2.24) is 15.2 Å². The van der Waals surface area contributed by atoms with Gasteiger partial charge in [-0.1, -0.05) is 47.5 Å². The number of halogens is 2. The Labute approximate surface area is 173 Å². The number of amides is 2. The second kappa shape index (κ2) is 8.43. The monoisotopic (exact) mass is 417 g/mol. The molecule has 2 aromatic carbocycles. The van der Waals surface area contributed by atoms with E-state index in [-0.39, 0.29) is 11.9 Å². The Bertz CT molecular complexity index is 983. The zero-order valence-corrected chi connectivity index (χ0v) is 16.8. The Hall–Kier alpha value is -2.21. The number of hydrogen-bond acceptors (Lipinski definition) is 2. The number of carbonyl (C=O) groups is 1. The standard InChI is InChI=1S/C21H21Cl2N3O2/c22-14-5-6-15(19(23)11-14)17(13-25-21(27)26-7-9-28-10-8-26)18-12-24-20-4-2-1-3-16(18)20/h1-6,11-12,17,24H,7-10,13H2,(H,25,27). The van der Waals surface area contributed by atoms with Crippen molar-refractivity contribution in [2.45, 2.75) is 5.92 Å². The van der Waals surface area contributed by atoms with Crippen molar-refractivity contribution in [1.29, 1.82) is 0 Å². The summed E-state index contributed by atoms with van der Waals surface area (Å²) in [5.74, 6) is -0.106. The SMILES string of the molecule is O=C(NCC(c1ccc(Cl)cc1Cl)c1c[nH]c2ccccc12)N1CCOCC1. The first-order valence-corrected chi connectivity index (χ1v) is 10.0. The molecule has 1 aliphatic heterocycles. The molecule has 0 bridgehead atoms. The van der Waals surface area contributed by atoms with Crippen molar-refractivity contribution < 1.29 is 9.53 Å². The molecule has 5 nitrogen and oxygen atoms in total. The maximum absolute atomic E-state index is 12.6. The van der Waals surface area contributed by atoms with E-state index in [0.717, 1.165) is 22.0 Å². The van der Waals surface area contributed by atoms with Gasteiger partial charge in [-0.2, -0.15) is 0 Å². The van der Waals surface area contributed by atoms with E-state index < -0.39 is 0 Å². The number of urea groups is 1. The minimum atomic E-state index is -0.106. The van der Waals surface area contributed by atoms with E-state index in [4.69, 9.17) is 27.9 Å². The van der Waals surface area contributed by atoms with Crippen LogP contribution in [-0.2, 0) is 4.74 Å². The van der Waals surface area contributed by atoms with Crippen LogP contribution in [0.4, 0.5) is 4.79 Å². The summed E-state index contributed by atoms with van der Waals surface area (Å²) in [7, 11) is 0. The molecule has 3 aromatic rings. The first kappa shape index (κ1) is 19.1. The Morgan fingerprint density at radius 1 is 1.14 bits per heavy atom. The van der Waals surface area contributed by atoms with Crippen molar-refractivity contribution >= 4 is 40.1 Å². The van der Waals surface area contributed by atoms with Crippen molar-refractivity contribution in [3.63, 3.8) is 0 Å². The number of nitrogens with zero attached hydrogens (tertiary/aromatic N) is 1. The van der Waals surface area contributed by atoms with E-state index in [1.165, 1.54) is 0 Å². The molecule has 1 unspecified atom stereocenters. The summed E-state index contributed by atoms with van der Waals surface area (Å²) in [4.78, 5) is 17.7. The molecule has 7 heteroatoms. The zero-order chi connectivity index (χ0) is 19.5. The largest absolute Gasteiger partial charge is 0.378 e. The van der Waals surface area contributed by atoms with E-state index in [9.17, 15) is 4.79 Å². The molecule has 1 saturated heterocycles. The van der Waals surface area contributed by atoms with Gasteiger partial charge in [0, 0.05) is 52.7 Å². The third kappa shape index (κ3) is 3.97. The lowest BCUT2D eigenvalue weighted by Crippen LogP contribution is -2.47. The highest BCUT2D eigenvalue weighted by Crippen LogP contribution is 2.35. The summed E-state index contributed by atoms with van der Waals surface area (Å²) in [6.45, 7) is 2.78. The second-order valence-electron chi connectivity index (χ2n) is 6.79. The van der Waals surface area contributed by atoms with Crippen LogP contribution in [0, 0.1) is 0 Å². The van der Waals surface area contributed by atoms with Crippen LogP contribution in [0.25, 0.3) is 10.9 Å². The minimum Gasteiger partial charge on any atom is -0.378 e. The fraction of sp³-hybridized carbons (Fsp3) is 0.286. The molecule has 2 heterocycles. The number of fused-ring (bicyclic) bond motifs is 1. The van der Waals surface area contributed by atoms with Gasteiger partial charge < -0.3 is 19.9 Å². The molecular formula is C21H21Cl2N3O2. The zero-order valence-electron chi connectivity index (χ0n) is 15.3. The molecule has 0 spiro atoms. The van der Waals surface area contributed by atoms with Gasteiger partial charge in [0.1, 0.15) is 0 Å². The molecule has 1 atom stereocenters. The van der Waals surface area contributed by atoms with Crippen LogP contribution in [0.5, 0.6) is 0 Å². The van der Waals surface area contributed by atoms with E-state index in [2.05, 4.69) is 16.4 Å². The van der Waals surface area contributed by atoms with Gasteiger partial charge in [-0.15, -0.1) is 0 Å². The minimum absolute atomic E-state index is 0.0850. The normalized spacial score (nSPS) is 15.6. The van der Waals surface area contributed by atoms with Gasteiger partial charge in [0.25, 0.3) is 0 Å². The topological polar surface area (TPSA) is 57.4 Å². The molecule has 1 aromatic heterocycles. The predicted molar refractivity (Wildman–Crippen MR) is 112 cm³/mol. The molecule has 0 aliphatic carbocycles. The molecule has 146 valence electrons. The number of para-hydroxylation sites is 1. The molecule has 0 saturated carbocycles. The van der Waals surface area contributed by atoms with E-state index in [0.29, 0.717) is 42.9 Å². The lowest BCUT2D eigenvalue weighted by Gasteiger charge is -2.28. The van der Waals surface area contributed by atoms with Crippen LogP contribution < -0.4 is 5.32 Å². The Kier molecular flexibility index (Phi) is 5.76. The number of rotatable bonds is 4. The third-order valence-electron chi connectivity index (χ3n) is 5.09. The third-order valence-corrected chi connectivity index (χ3v) is 5.65. The molecule has 1 fully saturated rings. The fourth-order valence-corrected chi connectivity index (χ4v) is 4.16. The second-order valence-corrected chi connectivity index (χ2v) is 7.64. The van der Waals surface area contributed by atoms with Crippen LogP contribution >= 0.6 is 23.2 Å². The van der Waals surface area contributed by atoms with Gasteiger partial charge in [-0.05, 0) is 29.3 Å². The van der Waals surface area contributed by atoms with Crippen LogP contribution in [0.3, 0.4) is 0 Å². The smallest absolute Gasteiger partial charge is 0.317 e. The van der Waals surface area contributed by atoms with Crippen molar-refractivity contribution in [2.75, 3.05) is 32.8 Å². The van der Waals surface area contributed by atoms with Gasteiger partial charge in [0.05, 0.1) is 13.2 Å². The maximum Gasteiger partial charge on any atom is 0.317 e. The number of hydrogen-bond donors (Lipinski definition) is 2. The molecule has 28 heavy (non-hydrogen) atoms. The fourth-order valence-electron chi connectivity index (χ4n) is 3.62. The lowest BCUT2D eigenvalue weighted by molar-refractivity contribution is 0.0532. The average Bonchev–Trinajstić information content (AvgIpc) is 3.14. The van der Waals surface area contributed by atoms with Crippen LogP contribution in [0.2, 0.25) is 10.0 Å². The van der Waals surface area contributed by atoms with Gasteiger partial charge in [0.2, 0.25) is 0 Å². The number of carbonyl (C=O) groups excluding carboxylic acids is 1. The van der Waals surface area contributed by atoms with E-state index >= 15 is 0 Å². The molecule has 2 N–H and O–H groups in total. The number of nitrogens with one attached hydrogen (secondary N) is 2. The number of aromatic amines is 1. The lowest BCUT2D eigenvalue weighted by atomic mass is 9.91. The Morgan fingerprint density at radius 2 is 1.93 bits per heavy atom. The van der Waals surface area contributed by atoms with Crippen LogP contribution in [0.15, 0.2) is 48.7 Å². The van der Waals surface area contributed by atoms with Crippen molar-refractivity contribution in [3.8, 4) is 0 Å². The van der Waals surface area contributed by atoms with Crippen LogP contribution in [0.1, 0.15) is 17.0 Å². The number of ether oxygens (including phenoxy) is 1. The summed E-state index contributed by atoms with van der Waals surface area (Å²) in [5, 5.41) is 5.36. The molecule has 1 aliphatic rings. The highest BCUT2D eigenvalue weighted by atomic mass is 35.5. The maximum atomic E-state index is 12.6. The molecule has 0 radical (unpaired) electrons. The highest BCUT2D eigenvalue weighted by Gasteiger charge is 2.23. The summed E-state index contributed by atoms with van der Waals surface area (Å²) in [6, 6.07) is 13.5. The Morgan fingerprint density at radius 3 is 2.71 bits per heavy atom. The van der Waals surface area contributed by atoms with Crippen LogP contribution in [-0.4, -0.2) is 48.8 Å².